The maximum Gasteiger partial charge on any atom is 0.472 e. The Labute approximate surface area is 294 Å². The first-order valence-electron chi connectivity index (χ1n) is 19.7. The number of aliphatic hydroxyl groups is 2. The summed E-state index contributed by atoms with van der Waals surface area (Å²) in [6.07, 6.45) is 33.2. The molecule has 0 rings (SSSR count). The predicted molar refractivity (Wildman–Crippen MR) is 196 cm³/mol. The number of hydrogen-bond donors (Lipinski definition) is 3. The molecular weight excluding hydrogens is 631 g/mol. The van der Waals surface area contributed by atoms with Crippen LogP contribution in [0.1, 0.15) is 181 Å². The summed E-state index contributed by atoms with van der Waals surface area (Å²) in [7, 11) is -4.50. The van der Waals surface area contributed by atoms with E-state index < -0.39 is 33.2 Å². The minimum atomic E-state index is -4.50. The molecule has 0 aromatic carbocycles. The number of aliphatic hydroxyl groups excluding tert-OH is 2. The second-order valence-corrected chi connectivity index (χ2v) is 14.8. The summed E-state index contributed by atoms with van der Waals surface area (Å²) < 4.78 is 33.1. The summed E-state index contributed by atoms with van der Waals surface area (Å²) in [4.78, 5) is 22.4. The molecule has 48 heavy (non-hydrogen) atoms. The van der Waals surface area contributed by atoms with Crippen LogP contribution in [-0.4, -0.2) is 66.3 Å². The number of rotatable bonds is 38. The van der Waals surface area contributed by atoms with Gasteiger partial charge in [-0.2, -0.15) is 0 Å². The number of carbonyl (C=O) groups excluding carboxylic acids is 1. The Balaban J connectivity index is 4.09. The van der Waals surface area contributed by atoms with E-state index in [2.05, 4.69) is 26.0 Å². The van der Waals surface area contributed by atoms with Crippen molar-refractivity contribution in [3.05, 3.63) is 12.2 Å². The van der Waals surface area contributed by atoms with Crippen LogP contribution in [0, 0.1) is 0 Å². The van der Waals surface area contributed by atoms with Crippen molar-refractivity contribution in [2.45, 2.75) is 193 Å². The first kappa shape index (κ1) is 47.2. The summed E-state index contributed by atoms with van der Waals surface area (Å²) in [5, 5.41) is 18.3. The zero-order valence-corrected chi connectivity index (χ0v) is 31.9. The normalized spacial score (nSPS) is 14.4. The fraction of sp³-hybridized carbons (Fsp3) is 0.921. The van der Waals surface area contributed by atoms with Crippen LogP contribution in [0.5, 0.6) is 0 Å². The molecule has 0 saturated heterocycles. The number of esters is 1. The number of phosphoric ester groups is 1. The van der Waals surface area contributed by atoms with Gasteiger partial charge in [0.15, 0.2) is 0 Å². The molecule has 0 aromatic heterocycles. The molecule has 0 aliphatic rings. The minimum absolute atomic E-state index is 0.0526. The molecule has 10 heteroatoms. The Bertz CT molecular complexity index is 764. The zero-order valence-electron chi connectivity index (χ0n) is 31.0. The van der Waals surface area contributed by atoms with Gasteiger partial charge in [-0.3, -0.25) is 13.8 Å². The Hall–Kier alpha value is -0.800. The van der Waals surface area contributed by atoms with Crippen molar-refractivity contribution in [1.82, 2.24) is 0 Å². The van der Waals surface area contributed by atoms with Crippen molar-refractivity contribution in [2.75, 3.05) is 33.0 Å². The van der Waals surface area contributed by atoms with Gasteiger partial charge in [-0.25, -0.2) is 4.57 Å². The lowest BCUT2D eigenvalue weighted by atomic mass is 10.1. The van der Waals surface area contributed by atoms with Crippen molar-refractivity contribution >= 4 is 13.8 Å². The molecule has 0 saturated carbocycles. The molecular formula is C38H75O9P. The van der Waals surface area contributed by atoms with Gasteiger partial charge in [0.2, 0.25) is 0 Å². The van der Waals surface area contributed by atoms with E-state index in [0.717, 1.165) is 38.5 Å². The van der Waals surface area contributed by atoms with E-state index in [9.17, 15) is 19.4 Å². The van der Waals surface area contributed by atoms with Crippen molar-refractivity contribution < 1.29 is 43.0 Å². The van der Waals surface area contributed by atoms with E-state index in [1.54, 1.807) is 0 Å². The third-order valence-electron chi connectivity index (χ3n) is 8.45. The molecule has 0 radical (unpaired) electrons. The SMILES string of the molecule is CCCCCCCC/C=C\CCCCCCCCCCCC(=O)OC(COCCCCCCCCCC)COP(=O)(O)OCC(O)CO. The Morgan fingerprint density at radius 3 is 1.56 bits per heavy atom. The van der Waals surface area contributed by atoms with Gasteiger partial charge in [0.1, 0.15) is 12.2 Å². The highest BCUT2D eigenvalue weighted by Crippen LogP contribution is 2.43. The number of allylic oxidation sites excluding steroid dienone is 2. The molecule has 0 heterocycles. The van der Waals surface area contributed by atoms with Gasteiger partial charge >= 0.3 is 13.8 Å². The molecule has 3 unspecified atom stereocenters. The van der Waals surface area contributed by atoms with Gasteiger partial charge in [-0.05, 0) is 38.5 Å². The van der Waals surface area contributed by atoms with Crippen LogP contribution in [0.2, 0.25) is 0 Å². The Morgan fingerprint density at radius 2 is 1.06 bits per heavy atom. The molecule has 0 aliphatic carbocycles. The summed E-state index contributed by atoms with van der Waals surface area (Å²) in [6.45, 7) is 3.50. The maximum absolute atomic E-state index is 12.5. The van der Waals surface area contributed by atoms with E-state index in [1.807, 2.05) is 0 Å². The van der Waals surface area contributed by atoms with Crippen LogP contribution in [0.4, 0.5) is 0 Å². The fourth-order valence-electron chi connectivity index (χ4n) is 5.41. The van der Waals surface area contributed by atoms with E-state index >= 15 is 0 Å². The highest BCUT2D eigenvalue weighted by molar-refractivity contribution is 7.47. The third kappa shape index (κ3) is 35.0. The molecule has 9 nitrogen and oxygen atoms in total. The second-order valence-electron chi connectivity index (χ2n) is 13.3. The summed E-state index contributed by atoms with van der Waals surface area (Å²) in [5.74, 6) is -0.385. The van der Waals surface area contributed by atoms with Crippen molar-refractivity contribution in [3.63, 3.8) is 0 Å². The monoisotopic (exact) mass is 707 g/mol. The molecule has 3 N–H and O–H groups in total. The molecule has 3 atom stereocenters. The van der Waals surface area contributed by atoms with Gasteiger partial charge in [-0.15, -0.1) is 0 Å². The highest BCUT2D eigenvalue weighted by atomic mass is 31.2. The molecule has 0 bridgehead atoms. The van der Waals surface area contributed by atoms with Gasteiger partial charge in [-0.1, -0.05) is 148 Å². The van der Waals surface area contributed by atoms with Crippen LogP contribution in [0.25, 0.3) is 0 Å². The molecule has 286 valence electrons. The fourth-order valence-corrected chi connectivity index (χ4v) is 6.20. The van der Waals surface area contributed by atoms with E-state index in [1.165, 1.54) is 122 Å². The van der Waals surface area contributed by atoms with E-state index in [4.69, 9.17) is 23.6 Å². The number of hydrogen-bond acceptors (Lipinski definition) is 8. The van der Waals surface area contributed by atoms with Gasteiger partial charge in [0.25, 0.3) is 0 Å². The van der Waals surface area contributed by atoms with Crippen LogP contribution < -0.4 is 0 Å². The average molecular weight is 707 g/mol. The predicted octanol–water partition coefficient (Wildman–Crippen LogP) is 10.1. The highest BCUT2D eigenvalue weighted by Gasteiger charge is 2.26. The molecule has 0 aromatic rings. The first-order chi connectivity index (χ1) is 23.3. The smallest absolute Gasteiger partial charge is 0.457 e. The molecule has 0 spiro atoms. The topological polar surface area (TPSA) is 132 Å². The number of unbranched alkanes of at least 4 members (excludes halogenated alkanes) is 22. The van der Waals surface area contributed by atoms with E-state index in [-0.39, 0.29) is 25.6 Å². The number of carbonyl (C=O) groups is 1. The Morgan fingerprint density at radius 1 is 0.625 bits per heavy atom. The van der Waals surface area contributed by atoms with Gasteiger partial charge in [0, 0.05) is 13.0 Å². The minimum Gasteiger partial charge on any atom is -0.457 e. The lowest BCUT2D eigenvalue weighted by Gasteiger charge is -2.20. The van der Waals surface area contributed by atoms with Crippen molar-refractivity contribution in [3.8, 4) is 0 Å². The summed E-state index contributed by atoms with van der Waals surface area (Å²) in [5.41, 5.74) is 0. The maximum atomic E-state index is 12.5. The standard InChI is InChI=1S/C38H75O9P/c1-3-5-7-9-11-13-14-15-16-17-18-19-20-21-22-23-24-26-28-30-38(41)47-37(35-46-48(42,43)45-33-36(40)32-39)34-44-31-29-27-25-12-10-8-6-4-2/h15-16,36-37,39-40H,3-14,17-35H2,1-2H3,(H,42,43)/b16-15-. The van der Waals surface area contributed by atoms with Crippen LogP contribution >= 0.6 is 7.82 Å². The second kappa shape index (κ2) is 36.0. The summed E-state index contributed by atoms with van der Waals surface area (Å²) in [6, 6.07) is 0. The largest absolute Gasteiger partial charge is 0.472 e. The van der Waals surface area contributed by atoms with Gasteiger partial charge in [0.05, 0.1) is 26.4 Å². The lowest BCUT2D eigenvalue weighted by Crippen LogP contribution is -2.29. The lowest BCUT2D eigenvalue weighted by molar-refractivity contribution is -0.154. The third-order valence-corrected chi connectivity index (χ3v) is 9.40. The van der Waals surface area contributed by atoms with Gasteiger partial charge < -0.3 is 24.6 Å². The van der Waals surface area contributed by atoms with Crippen molar-refractivity contribution in [1.29, 1.82) is 0 Å². The number of ether oxygens (including phenoxy) is 2. The molecule has 0 aliphatic heterocycles. The Kier molecular flexibility index (Phi) is 35.4. The van der Waals surface area contributed by atoms with Crippen LogP contribution in [-0.2, 0) is 27.9 Å². The van der Waals surface area contributed by atoms with Crippen molar-refractivity contribution in [2.24, 2.45) is 0 Å². The first-order valence-corrected chi connectivity index (χ1v) is 21.2. The van der Waals surface area contributed by atoms with Crippen LogP contribution in [0.15, 0.2) is 12.2 Å². The zero-order chi connectivity index (χ0) is 35.4. The quantitative estimate of drug-likeness (QED) is 0.0248. The van der Waals surface area contributed by atoms with Crippen LogP contribution in [0.3, 0.4) is 0 Å². The number of phosphoric acid groups is 1. The average Bonchev–Trinajstić information content (AvgIpc) is 3.07. The summed E-state index contributed by atoms with van der Waals surface area (Å²) >= 11 is 0. The molecule has 0 amide bonds. The van der Waals surface area contributed by atoms with E-state index in [0.29, 0.717) is 6.61 Å². The molecule has 0 fully saturated rings.